The number of benzene rings is 2. The standard InChI is InChI=1S/C12H6F4S/c13-8-6-9(14)11(16)12(10(8)15)17-7-4-2-1-3-5-7/h1-6H. The van der Waals surface area contributed by atoms with E-state index >= 15 is 0 Å². The lowest BCUT2D eigenvalue weighted by atomic mass is 10.3. The van der Waals surface area contributed by atoms with Crippen LogP contribution < -0.4 is 0 Å². The number of rotatable bonds is 2. The van der Waals surface area contributed by atoms with Crippen molar-refractivity contribution in [2.24, 2.45) is 0 Å². The van der Waals surface area contributed by atoms with Gasteiger partial charge in [0.05, 0.1) is 4.90 Å². The minimum Gasteiger partial charge on any atom is -0.204 e. The highest BCUT2D eigenvalue weighted by atomic mass is 32.2. The van der Waals surface area contributed by atoms with Crippen LogP contribution in [0.3, 0.4) is 0 Å². The summed E-state index contributed by atoms with van der Waals surface area (Å²) in [5, 5.41) is 0. The Bertz CT molecular complexity index is 514. The molecule has 0 aromatic heterocycles. The fourth-order valence-corrected chi connectivity index (χ4v) is 2.15. The lowest BCUT2D eigenvalue weighted by Crippen LogP contribution is -1.96. The van der Waals surface area contributed by atoms with Gasteiger partial charge in [0, 0.05) is 11.0 Å². The molecule has 0 heterocycles. The van der Waals surface area contributed by atoms with Crippen molar-refractivity contribution in [3.05, 3.63) is 59.7 Å². The Morgan fingerprint density at radius 3 is 1.82 bits per heavy atom. The maximum absolute atomic E-state index is 13.3. The van der Waals surface area contributed by atoms with E-state index in [0.29, 0.717) is 16.7 Å². The summed E-state index contributed by atoms with van der Waals surface area (Å²) in [4.78, 5) is -0.177. The molecule has 17 heavy (non-hydrogen) atoms. The molecule has 0 fully saturated rings. The van der Waals surface area contributed by atoms with Crippen LogP contribution in [0.5, 0.6) is 0 Å². The van der Waals surface area contributed by atoms with E-state index in [9.17, 15) is 17.6 Å². The van der Waals surface area contributed by atoms with Gasteiger partial charge < -0.3 is 0 Å². The summed E-state index contributed by atoms with van der Waals surface area (Å²) >= 11 is 0.639. The molecule has 0 spiro atoms. The quantitative estimate of drug-likeness (QED) is 0.568. The van der Waals surface area contributed by atoms with E-state index in [4.69, 9.17) is 0 Å². The predicted molar refractivity (Wildman–Crippen MR) is 56.8 cm³/mol. The Labute approximate surface area is 99.3 Å². The maximum Gasteiger partial charge on any atom is 0.175 e. The maximum atomic E-state index is 13.3. The molecule has 0 saturated carbocycles. The van der Waals surface area contributed by atoms with Crippen molar-refractivity contribution in [3.63, 3.8) is 0 Å². The number of hydrogen-bond acceptors (Lipinski definition) is 1. The number of halogens is 4. The Kier molecular flexibility index (Phi) is 3.38. The van der Waals surface area contributed by atoms with Gasteiger partial charge in [0.25, 0.3) is 0 Å². The summed E-state index contributed by atoms with van der Waals surface area (Å²) in [6.07, 6.45) is 0. The van der Waals surface area contributed by atoms with E-state index in [2.05, 4.69) is 0 Å². The molecular formula is C12H6F4S. The third-order valence-corrected chi connectivity index (χ3v) is 3.11. The largest absolute Gasteiger partial charge is 0.204 e. The average Bonchev–Trinajstić information content (AvgIpc) is 2.33. The normalized spacial score (nSPS) is 10.6. The third kappa shape index (κ3) is 2.44. The number of hydrogen-bond donors (Lipinski definition) is 0. The van der Waals surface area contributed by atoms with Gasteiger partial charge in [-0.25, -0.2) is 17.6 Å². The second-order valence-electron chi connectivity index (χ2n) is 3.21. The van der Waals surface area contributed by atoms with E-state index in [1.807, 2.05) is 0 Å². The fraction of sp³-hybridized carbons (Fsp3) is 0. The molecule has 0 N–H and O–H groups in total. The summed E-state index contributed by atoms with van der Waals surface area (Å²) < 4.78 is 52.5. The molecule has 0 bridgehead atoms. The highest BCUT2D eigenvalue weighted by Gasteiger charge is 2.19. The molecule has 0 nitrogen and oxygen atoms in total. The van der Waals surface area contributed by atoms with Gasteiger partial charge in [0.15, 0.2) is 23.3 Å². The van der Waals surface area contributed by atoms with Crippen LogP contribution >= 0.6 is 11.8 Å². The van der Waals surface area contributed by atoms with Crippen LogP contribution in [0.4, 0.5) is 17.6 Å². The molecule has 0 aliphatic carbocycles. The molecule has 0 saturated heterocycles. The Morgan fingerprint density at radius 1 is 0.765 bits per heavy atom. The van der Waals surface area contributed by atoms with Crippen LogP contribution in [0.2, 0.25) is 0 Å². The highest BCUT2D eigenvalue weighted by Crippen LogP contribution is 2.33. The van der Waals surface area contributed by atoms with Crippen molar-refractivity contribution >= 4 is 11.8 Å². The van der Waals surface area contributed by atoms with Crippen molar-refractivity contribution in [2.45, 2.75) is 9.79 Å². The highest BCUT2D eigenvalue weighted by molar-refractivity contribution is 7.99. The summed E-state index contributed by atoms with van der Waals surface area (Å²) in [7, 11) is 0. The second-order valence-corrected chi connectivity index (χ2v) is 4.30. The van der Waals surface area contributed by atoms with E-state index in [1.165, 1.54) is 0 Å². The SMILES string of the molecule is Fc1cc(F)c(F)c(Sc2ccccc2)c1F. The van der Waals surface area contributed by atoms with Crippen molar-refractivity contribution in [1.82, 2.24) is 0 Å². The lowest BCUT2D eigenvalue weighted by Gasteiger charge is -2.06. The van der Waals surface area contributed by atoms with Crippen molar-refractivity contribution in [3.8, 4) is 0 Å². The van der Waals surface area contributed by atoms with Gasteiger partial charge >= 0.3 is 0 Å². The fourth-order valence-electron chi connectivity index (χ4n) is 1.25. The first-order valence-corrected chi connectivity index (χ1v) is 5.47. The van der Waals surface area contributed by atoms with E-state index < -0.39 is 28.2 Å². The molecular weight excluding hydrogens is 252 g/mol. The zero-order valence-electron chi connectivity index (χ0n) is 8.38. The van der Waals surface area contributed by atoms with Gasteiger partial charge in [0.2, 0.25) is 0 Å². The van der Waals surface area contributed by atoms with Crippen molar-refractivity contribution in [2.75, 3.05) is 0 Å². The topological polar surface area (TPSA) is 0 Å². The van der Waals surface area contributed by atoms with Crippen LogP contribution in [0.1, 0.15) is 0 Å². The average molecular weight is 258 g/mol. The molecule has 0 atom stereocenters. The molecule has 0 aliphatic heterocycles. The first kappa shape index (κ1) is 12.0. The zero-order chi connectivity index (χ0) is 12.4. The molecule has 5 heteroatoms. The summed E-state index contributed by atoms with van der Waals surface area (Å²) in [6, 6.07) is 8.42. The molecule has 0 radical (unpaired) electrons. The van der Waals surface area contributed by atoms with Gasteiger partial charge in [0.1, 0.15) is 0 Å². The molecule has 2 aromatic carbocycles. The van der Waals surface area contributed by atoms with Gasteiger partial charge in [-0.15, -0.1) is 0 Å². The van der Waals surface area contributed by atoms with Gasteiger partial charge in [-0.05, 0) is 12.1 Å². The van der Waals surface area contributed by atoms with E-state index in [1.54, 1.807) is 30.3 Å². The van der Waals surface area contributed by atoms with E-state index in [0.717, 1.165) is 0 Å². The molecule has 0 amide bonds. The molecule has 2 rings (SSSR count). The van der Waals surface area contributed by atoms with Gasteiger partial charge in [-0.2, -0.15) is 0 Å². The minimum absolute atomic E-state index is 0.194. The molecule has 2 aromatic rings. The van der Waals surface area contributed by atoms with Crippen molar-refractivity contribution in [1.29, 1.82) is 0 Å². The van der Waals surface area contributed by atoms with Gasteiger partial charge in [-0.1, -0.05) is 30.0 Å². The Morgan fingerprint density at radius 2 is 1.29 bits per heavy atom. The van der Waals surface area contributed by atoms with Crippen LogP contribution in [0.15, 0.2) is 46.2 Å². The predicted octanol–water partition coefficient (Wildman–Crippen LogP) is 4.39. The summed E-state index contributed by atoms with van der Waals surface area (Å²) in [6.45, 7) is 0. The van der Waals surface area contributed by atoms with Crippen LogP contribution in [0, 0.1) is 23.3 Å². The Hall–Kier alpha value is -1.49. The van der Waals surface area contributed by atoms with Gasteiger partial charge in [-0.3, -0.25) is 0 Å². The minimum atomic E-state index is -1.40. The second kappa shape index (κ2) is 4.79. The third-order valence-electron chi connectivity index (χ3n) is 2.03. The monoisotopic (exact) mass is 258 g/mol. The zero-order valence-corrected chi connectivity index (χ0v) is 9.20. The molecule has 88 valence electrons. The first-order valence-electron chi connectivity index (χ1n) is 4.65. The van der Waals surface area contributed by atoms with Crippen molar-refractivity contribution < 1.29 is 17.6 Å². The lowest BCUT2D eigenvalue weighted by molar-refractivity contribution is 0.426. The smallest absolute Gasteiger partial charge is 0.175 e. The summed E-state index contributed by atoms with van der Waals surface area (Å²) in [5.74, 6) is -5.56. The van der Waals surface area contributed by atoms with Crippen LogP contribution in [-0.2, 0) is 0 Å². The first-order chi connectivity index (χ1) is 8.09. The molecule has 0 aliphatic rings. The van der Waals surface area contributed by atoms with Crippen LogP contribution in [-0.4, -0.2) is 0 Å². The van der Waals surface area contributed by atoms with E-state index in [-0.39, 0.29) is 6.07 Å². The Balaban J connectivity index is 2.46. The molecule has 0 unspecified atom stereocenters. The van der Waals surface area contributed by atoms with Crippen LogP contribution in [0.25, 0.3) is 0 Å². The summed E-state index contributed by atoms with van der Waals surface area (Å²) in [5.41, 5.74) is 0.